The van der Waals surface area contributed by atoms with Crippen LogP contribution in [0.3, 0.4) is 0 Å². The van der Waals surface area contributed by atoms with Crippen molar-refractivity contribution in [2.75, 3.05) is 5.32 Å². The highest BCUT2D eigenvalue weighted by atomic mass is 32.1. The number of carboxylic acid groups (broad SMARTS) is 1. The zero-order chi connectivity index (χ0) is 14.7. The van der Waals surface area contributed by atoms with Gasteiger partial charge in [-0.15, -0.1) is 11.3 Å². The second-order valence-corrected chi connectivity index (χ2v) is 4.77. The number of benzene rings is 1. The molecule has 0 aliphatic carbocycles. The lowest BCUT2D eigenvalue weighted by Gasteiger charge is -2.05. The highest BCUT2D eigenvalue weighted by molar-refractivity contribution is 7.13. The molecule has 1 aromatic heterocycles. The molecule has 0 bridgehead atoms. The van der Waals surface area contributed by atoms with Crippen LogP contribution in [0.4, 0.5) is 24.0 Å². The summed E-state index contributed by atoms with van der Waals surface area (Å²) < 4.78 is 39.4. The van der Waals surface area contributed by atoms with Gasteiger partial charge in [-0.2, -0.15) is 0 Å². The van der Waals surface area contributed by atoms with Crippen molar-refractivity contribution in [1.29, 1.82) is 0 Å². The van der Waals surface area contributed by atoms with Gasteiger partial charge in [0.05, 0.1) is 17.8 Å². The summed E-state index contributed by atoms with van der Waals surface area (Å²) in [4.78, 5) is 14.4. The summed E-state index contributed by atoms with van der Waals surface area (Å²) in [7, 11) is 0. The Hall–Kier alpha value is -2.09. The number of hydrogen-bond acceptors (Lipinski definition) is 4. The van der Waals surface area contributed by atoms with Crippen molar-refractivity contribution in [2.24, 2.45) is 0 Å². The maximum absolute atomic E-state index is 13.4. The van der Waals surface area contributed by atoms with Gasteiger partial charge in [0.2, 0.25) is 0 Å². The molecule has 0 amide bonds. The number of nitrogens with zero attached hydrogens (tertiary/aromatic N) is 1. The predicted molar refractivity (Wildman–Crippen MR) is 67.7 cm³/mol. The SMILES string of the molecule is O=C(O)CCc1csc(Nc2cc(F)cc(F)c2F)n1. The van der Waals surface area contributed by atoms with E-state index in [0.717, 1.165) is 17.4 Å². The van der Waals surface area contributed by atoms with Crippen molar-refractivity contribution >= 4 is 28.1 Å². The van der Waals surface area contributed by atoms with Crippen molar-refractivity contribution in [3.05, 3.63) is 40.7 Å². The van der Waals surface area contributed by atoms with Gasteiger partial charge in [0, 0.05) is 23.9 Å². The van der Waals surface area contributed by atoms with E-state index in [1.165, 1.54) is 0 Å². The molecule has 20 heavy (non-hydrogen) atoms. The monoisotopic (exact) mass is 302 g/mol. The summed E-state index contributed by atoms with van der Waals surface area (Å²) in [6, 6.07) is 1.26. The van der Waals surface area contributed by atoms with Crippen LogP contribution in [0.25, 0.3) is 0 Å². The lowest BCUT2D eigenvalue weighted by molar-refractivity contribution is -0.136. The lowest BCUT2D eigenvalue weighted by atomic mass is 10.2. The Morgan fingerprint density at radius 2 is 2.10 bits per heavy atom. The van der Waals surface area contributed by atoms with E-state index < -0.39 is 23.4 Å². The Balaban J connectivity index is 2.12. The number of nitrogens with one attached hydrogen (secondary N) is 1. The third kappa shape index (κ3) is 3.47. The molecule has 2 N–H and O–H groups in total. The fraction of sp³-hybridized carbons (Fsp3) is 0.167. The van der Waals surface area contributed by atoms with Gasteiger partial charge < -0.3 is 10.4 Å². The highest BCUT2D eigenvalue weighted by Crippen LogP contribution is 2.25. The molecule has 0 saturated carbocycles. The van der Waals surface area contributed by atoms with Crippen molar-refractivity contribution in [1.82, 2.24) is 4.98 Å². The van der Waals surface area contributed by atoms with E-state index in [-0.39, 0.29) is 23.7 Å². The molecule has 0 spiro atoms. The molecule has 0 fully saturated rings. The Morgan fingerprint density at radius 3 is 2.80 bits per heavy atom. The maximum Gasteiger partial charge on any atom is 0.303 e. The average molecular weight is 302 g/mol. The summed E-state index contributed by atoms with van der Waals surface area (Å²) in [5.74, 6) is -4.36. The van der Waals surface area contributed by atoms with E-state index in [1.54, 1.807) is 5.38 Å². The number of aliphatic carboxylic acids is 1. The number of aromatic nitrogens is 1. The van der Waals surface area contributed by atoms with Gasteiger partial charge in [0.15, 0.2) is 16.8 Å². The third-order valence-corrected chi connectivity index (χ3v) is 3.19. The zero-order valence-corrected chi connectivity index (χ0v) is 10.8. The summed E-state index contributed by atoms with van der Waals surface area (Å²) in [5, 5.41) is 12.8. The second-order valence-electron chi connectivity index (χ2n) is 3.91. The largest absolute Gasteiger partial charge is 0.481 e. The minimum Gasteiger partial charge on any atom is -0.481 e. The van der Waals surface area contributed by atoms with Crippen molar-refractivity contribution in [3.8, 4) is 0 Å². The minimum absolute atomic E-state index is 0.0773. The first-order valence-corrected chi connectivity index (χ1v) is 6.41. The minimum atomic E-state index is -1.30. The number of halogens is 3. The first-order valence-electron chi connectivity index (χ1n) is 5.53. The fourth-order valence-electron chi connectivity index (χ4n) is 1.48. The Kier molecular flexibility index (Phi) is 4.23. The Labute approximate surface area is 115 Å². The maximum atomic E-state index is 13.4. The standard InChI is InChI=1S/C12H9F3N2O2S/c13-6-3-8(14)11(15)9(4-6)17-12-16-7(5-20-12)1-2-10(18)19/h3-5H,1-2H2,(H,16,17)(H,18,19). The normalized spacial score (nSPS) is 10.6. The van der Waals surface area contributed by atoms with E-state index in [4.69, 9.17) is 5.11 Å². The molecule has 0 aliphatic rings. The van der Waals surface area contributed by atoms with Crippen LogP contribution in [0.5, 0.6) is 0 Å². The number of carbonyl (C=O) groups is 1. The number of aryl methyl sites for hydroxylation is 1. The average Bonchev–Trinajstić information content (AvgIpc) is 2.80. The second kappa shape index (κ2) is 5.91. The number of anilines is 2. The molecule has 0 saturated heterocycles. The van der Waals surface area contributed by atoms with E-state index in [0.29, 0.717) is 11.8 Å². The quantitative estimate of drug-likeness (QED) is 0.832. The molecular formula is C12H9F3N2O2S. The topological polar surface area (TPSA) is 62.2 Å². The molecule has 1 aromatic carbocycles. The number of hydrogen-bond donors (Lipinski definition) is 2. The van der Waals surface area contributed by atoms with Crippen molar-refractivity contribution < 1.29 is 23.1 Å². The molecule has 8 heteroatoms. The van der Waals surface area contributed by atoms with Gasteiger partial charge in [-0.25, -0.2) is 18.2 Å². The molecule has 106 valence electrons. The van der Waals surface area contributed by atoms with E-state index in [1.807, 2.05) is 0 Å². The molecule has 0 radical (unpaired) electrons. The smallest absolute Gasteiger partial charge is 0.303 e. The summed E-state index contributed by atoms with van der Waals surface area (Å²) in [6.45, 7) is 0. The highest BCUT2D eigenvalue weighted by Gasteiger charge is 2.13. The van der Waals surface area contributed by atoms with Crippen molar-refractivity contribution in [2.45, 2.75) is 12.8 Å². The molecule has 1 heterocycles. The van der Waals surface area contributed by atoms with Gasteiger partial charge >= 0.3 is 5.97 Å². The Morgan fingerprint density at radius 1 is 1.35 bits per heavy atom. The molecule has 0 aliphatic heterocycles. The van der Waals surface area contributed by atoms with E-state index in [2.05, 4.69) is 10.3 Å². The first kappa shape index (κ1) is 14.3. The van der Waals surface area contributed by atoms with Gasteiger partial charge in [0.25, 0.3) is 0 Å². The fourth-order valence-corrected chi connectivity index (χ4v) is 2.23. The van der Waals surface area contributed by atoms with Crippen LogP contribution in [0.2, 0.25) is 0 Å². The Bertz CT molecular complexity index is 646. The number of carboxylic acids is 1. The number of rotatable bonds is 5. The van der Waals surface area contributed by atoms with E-state index >= 15 is 0 Å². The molecule has 0 atom stereocenters. The summed E-state index contributed by atoms with van der Waals surface area (Å²) >= 11 is 1.09. The molecular weight excluding hydrogens is 293 g/mol. The van der Waals surface area contributed by atoms with Crippen LogP contribution in [0, 0.1) is 17.5 Å². The summed E-state index contributed by atoms with van der Waals surface area (Å²) in [6.07, 6.45) is 0.152. The van der Waals surface area contributed by atoms with Gasteiger partial charge in [-0.3, -0.25) is 4.79 Å². The summed E-state index contributed by atoms with van der Waals surface area (Å²) in [5.41, 5.74) is 0.152. The van der Waals surface area contributed by atoms with Crippen molar-refractivity contribution in [3.63, 3.8) is 0 Å². The van der Waals surface area contributed by atoms with Crippen LogP contribution in [0.15, 0.2) is 17.5 Å². The van der Waals surface area contributed by atoms with Crippen LogP contribution in [-0.4, -0.2) is 16.1 Å². The first-order chi connectivity index (χ1) is 9.45. The van der Waals surface area contributed by atoms with Gasteiger partial charge in [-0.05, 0) is 0 Å². The molecule has 2 aromatic rings. The van der Waals surface area contributed by atoms with Crippen LogP contribution in [0.1, 0.15) is 12.1 Å². The van der Waals surface area contributed by atoms with Crippen LogP contribution in [-0.2, 0) is 11.2 Å². The van der Waals surface area contributed by atoms with Gasteiger partial charge in [0.1, 0.15) is 5.82 Å². The van der Waals surface area contributed by atoms with Gasteiger partial charge in [-0.1, -0.05) is 0 Å². The lowest BCUT2D eigenvalue weighted by Crippen LogP contribution is -1.99. The zero-order valence-electron chi connectivity index (χ0n) is 9.99. The number of thiazole rings is 1. The van der Waals surface area contributed by atoms with Crippen LogP contribution >= 0.6 is 11.3 Å². The third-order valence-electron chi connectivity index (χ3n) is 2.38. The molecule has 0 unspecified atom stereocenters. The molecule has 4 nitrogen and oxygen atoms in total. The predicted octanol–water partition coefficient (Wildman–Crippen LogP) is 3.32. The van der Waals surface area contributed by atoms with Crippen LogP contribution < -0.4 is 5.32 Å². The molecule has 2 rings (SSSR count). The van der Waals surface area contributed by atoms with E-state index in [9.17, 15) is 18.0 Å².